The highest BCUT2D eigenvalue weighted by Crippen LogP contribution is 2.31. The Morgan fingerprint density at radius 1 is 0.741 bits per heavy atom. The topological polar surface area (TPSA) is 74.8 Å². The summed E-state index contributed by atoms with van der Waals surface area (Å²) < 4.78 is 66.9. The van der Waals surface area contributed by atoms with Crippen LogP contribution in [0.25, 0.3) is 0 Å². The Labute approximate surface area is 167 Å². The first kappa shape index (κ1) is 20.5. The molecule has 0 aliphatic carbocycles. The van der Waals surface area contributed by atoms with E-state index in [2.05, 4.69) is 0 Å². The molecule has 0 atom stereocenters. The smallest absolute Gasteiger partial charge is 0.207 e. The van der Waals surface area contributed by atoms with Gasteiger partial charge < -0.3 is 0 Å². The lowest BCUT2D eigenvalue weighted by atomic mass is 10.3. The lowest BCUT2D eigenvalue weighted by molar-refractivity contribution is 0.272. The maximum atomic E-state index is 13.9. The van der Waals surface area contributed by atoms with Crippen molar-refractivity contribution in [2.75, 3.05) is 26.2 Å². The summed E-state index contributed by atoms with van der Waals surface area (Å²) in [6, 6.07) is 9.35. The predicted octanol–water partition coefficient (Wildman–Crippen LogP) is 2.83. The van der Waals surface area contributed by atoms with Gasteiger partial charge in [0.15, 0.2) is 0 Å². The van der Waals surface area contributed by atoms with Crippen molar-refractivity contribution in [1.82, 2.24) is 8.61 Å². The number of sulfonamides is 2. The summed E-state index contributed by atoms with van der Waals surface area (Å²) in [4.78, 5) is -0.568. The van der Waals surface area contributed by atoms with Crippen molar-refractivity contribution in [3.05, 3.63) is 58.3 Å². The Morgan fingerprint density at radius 2 is 1.22 bits per heavy atom. The second-order valence-corrected chi connectivity index (χ2v) is 10.4. The second-order valence-electron chi connectivity index (χ2n) is 5.79. The SMILES string of the molecule is O=S(=O)(c1ccccc1F)N1CCN(S(=O)(=O)c2cccc(Cl)c2Cl)CC1. The maximum Gasteiger partial charge on any atom is 0.246 e. The standard InChI is InChI=1S/C16H15Cl2FN2O4S2/c17-12-4-3-7-15(16(12)18)27(24,25)21-10-8-20(9-11-21)26(22,23)14-6-2-1-5-13(14)19/h1-7H,8-11H2. The molecule has 1 aliphatic rings. The van der Waals surface area contributed by atoms with Crippen LogP contribution in [0.3, 0.4) is 0 Å². The molecule has 1 fully saturated rings. The number of hydrogen-bond acceptors (Lipinski definition) is 4. The van der Waals surface area contributed by atoms with Crippen molar-refractivity contribution in [2.45, 2.75) is 9.79 Å². The zero-order chi connectivity index (χ0) is 19.8. The molecule has 0 bridgehead atoms. The first-order valence-corrected chi connectivity index (χ1v) is 11.5. The summed E-state index contributed by atoms with van der Waals surface area (Å²) in [6.45, 7) is -0.375. The number of piperazine rings is 1. The Bertz CT molecular complexity index is 1070. The largest absolute Gasteiger partial charge is 0.246 e. The van der Waals surface area contributed by atoms with Gasteiger partial charge in [0.2, 0.25) is 20.0 Å². The van der Waals surface area contributed by atoms with Crippen LogP contribution >= 0.6 is 23.2 Å². The van der Waals surface area contributed by atoms with Gasteiger partial charge >= 0.3 is 0 Å². The molecule has 2 aromatic carbocycles. The lowest BCUT2D eigenvalue weighted by Crippen LogP contribution is -2.50. The molecule has 0 aromatic heterocycles. The number of rotatable bonds is 4. The maximum absolute atomic E-state index is 13.9. The number of halogens is 3. The molecule has 0 saturated carbocycles. The van der Waals surface area contributed by atoms with Crippen molar-refractivity contribution < 1.29 is 21.2 Å². The number of benzene rings is 2. The molecule has 2 aromatic rings. The van der Waals surface area contributed by atoms with Crippen LogP contribution < -0.4 is 0 Å². The summed E-state index contributed by atoms with van der Waals surface area (Å²) in [5.74, 6) is -0.849. The Balaban J connectivity index is 1.81. The van der Waals surface area contributed by atoms with Gasteiger partial charge in [-0.1, -0.05) is 41.4 Å². The van der Waals surface area contributed by atoms with Crippen LogP contribution in [0.4, 0.5) is 4.39 Å². The van der Waals surface area contributed by atoms with E-state index in [0.29, 0.717) is 0 Å². The van der Waals surface area contributed by atoms with Gasteiger partial charge in [-0.25, -0.2) is 21.2 Å². The molecule has 0 N–H and O–H groups in total. The minimum Gasteiger partial charge on any atom is -0.207 e. The molecular formula is C16H15Cl2FN2O4S2. The minimum atomic E-state index is -4.05. The second kappa shape index (κ2) is 7.65. The first-order valence-electron chi connectivity index (χ1n) is 7.84. The minimum absolute atomic E-state index is 0.0828. The van der Waals surface area contributed by atoms with E-state index in [1.807, 2.05) is 0 Å². The molecule has 1 aliphatic heterocycles. The molecule has 0 unspecified atom stereocenters. The molecule has 0 spiro atoms. The summed E-state index contributed by atoms with van der Waals surface area (Å²) >= 11 is 11.9. The van der Waals surface area contributed by atoms with Crippen LogP contribution in [-0.2, 0) is 20.0 Å². The van der Waals surface area contributed by atoms with Crippen LogP contribution in [0.2, 0.25) is 10.0 Å². The molecule has 3 rings (SSSR count). The van der Waals surface area contributed by atoms with Crippen molar-refractivity contribution in [3.63, 3.8) is 0 Å². The lowest BCUT2D eigenvalue weighted by Gasteiger charge is -2.33. The van der Waals surface area contributed by atoms with Crippen LogP contribution in [0.15, 0.2) is 52.3 Å². The molecule has 27 heavy (non-hydrogen) atoms. The Hall–Kier alpha value is -1.23. The highest BCUT2D eigenvalue weighted by Gasteiger charge is 2.35. The van der Waals surface area contributed by atoms with Crippen molar-refractivity contribution in [2.24, 2.45) is 0 Å². The van der Waals surface area contributed by atoms with Crippen LogP contribution in [-0.4, -0.2) is 51.6 Å². The van der Waals surface area contributed by atoms with Gasteiger partial charge in [-0.3, -0.25) is 0 Å². The summed E-state index contributed by atoms with van der Waals surface area (Å²) in [5.41, 5.74) is 0. The first-order chi connectivity index (χ1) is 12.7. The van der Waals surface area contributed by atoms with E-state index in [-0.39, 0.29) is 41.1 Å². The third-order valence-corrected chi connectivity index (χ3v) is 8.99. The van der Waals surface area contributed by atoms with E-state index < -0.39 is 30.8 Å². The van der Waals surface area contributed by atoms with Crippen molar-refractivity contribution in [1.29, 1.82) is 0 Å². The summed E-state index contributed by atoms with van der Waals surface area (Å²) in [6.07, 6.45) is 0. The molecule has 1 saturated heterocycles. The van der Waals surface area contributed by atoms with E-state index in [4.69, 9.17) is 23.2 Å². The van der Waals surface area contributed by atoms with Crippen molar-refractivity contribution >= 4 is 43.2 Å². The normalized spacial score (nSPS) is 17.1. The van der Waals surface area contributed by atoms with E-state index in [9.17, 15) is 21.2 Å². The van der Waals surface area contributed by atoms with Gasteiger partial charge in [0.25, 0.3) is 0 Å². The molecule has 1 heterocycles. The quantitative estimate of drug-likeness (QED) is 0.714. The summed E-state index contributed by atoms with van der Waals surface area (Å²) in [5, 5.41) is 0.0269. The van der Waals surface area contributed by atoms with E-state index in [1.165, 1.54) is 36.4 Å². The van der Waals surface area contributed by atoms with Gasteiger partial charge in [0.1, 0.15) is 15.6 Å². The van der Waals surface area contributed by atoms with Gasteiger partial charge in [-0.05, 0) is 24.3 Å². The Kier molecular flexibility index (Phi) is 5.81. The monoisotopic (exact) mass is 452 g/mol. The molecular weight excluding hydrogens is 438 g/mol. The molecule has 0 radical (unpaired) electrons. The average molecular weight is 453 g/mol. The number of hydrogen-bond donors (Lipinski definition) is 0. The fraction of sp³-hybridized carbons (Fsp3) is 0.250. The third-order valence-electron chi connectivity index (χ3n) is 4.19. The molecule has 6 nitrogen and oxygen atoms in total. The van der Waals surface area contributed by atoms with Gasteiger partial charge in [-0.15, -0.1) is 0 Å². The van der Waals surface area contributed by atoms with Gasteiger partial charge in [0, 0.05) is 26.2 Å². The highest BCUT2D eigenvalue weighted by atomic mass is 35.5. The molecule has 11 heteroatoms. The summed E-state index contributed by atoms with van der Waals surface area (Å²) in [7, 11) is -7.99. The van der Waals surface area contributed by atoms with E-state index in [1.54, 1.807) is 0 Å². The van der Waals surface area contributed by atoms with Crippen molar-refractivity contribution in [3.8, 4) is 0 Å². The van der Waals surface area contributed by atoms with E-state index >= 15 is 0 Å². The predicted molar refractivity (Wildman–Crippen MR) is 100 cm³/mol. The molecule has 0 amide bonds. The van der Waals surface area contributed by atoms with Gasteiger partial charge in [0.05, 0.1) is 10.0 Å². The number of nitrogens with zero attached hydrogens (tertiary/aromatic N) is 2. The fourth-order valence-electron chi connectivity index (χ4n) is 2.77. The Morgan fingerprint density at radius 3 is 1.78 bits per heavy atom. The molecule has 146 valence electrons. The average Bonchev–Trinajstić information content (AvgIpc) is 2.64. The van der Waals surface area contributed by atoms with Crippen LogP contribution in [0.1, 0.15) is 0 Å². The fourth-order valence-corrected chi connectivity index (χ4v) is 6.41. The zero-order valence-electron chi connectivity index (χ0n) is 13.8. The highest BCUT2D eigenvalue weighted by molar-refractivity contribution is 7.89. The van der Waals surface area contributed by atoms with Crippen LogP contribution in [0, 0.1) is 5.82 Å². The third kappa shape index (κ3) is 3.85. The van der Waals surface area contributed by atoms with E-state index in [0.717, 1.165) is 14.7 Å². The zero-order valence-corrected chi connectivity index (χ0v) is 17.0. The van der Waals surface area contributed by atoms with Gasteiger partial charge in [-0.2, -0.15) is 8.61 Å². The van der Waals surface area contributed by atoms with Crippen LogP contribution in [0.5, 0.6) is 0 Å².